The van der Waals surface area contributed by atoms with Crippen molar-refractivity contribution in [2.24, 2.45) is 5.73 Å². The molecule has 0 fully saturated rings. The summed E-state index contributed by atoms with van der Waals surface area (Å²) in [7, 11) is 0. The average molecular weight is 244 g/mol. The summed E-state index contributed by atoms with van der Waals surface area (Å²) in [6.07, 6.45) is 0. The normalized spacial score (nSPS) is 9.56. The van der Waals surface area contributed by atoms with E-state index in [1.807, 2.05) is 12.1 Å². The fraction of sp³-hybridized carbons (Fsp3) is 0. The van der Waals surface area contributed by atoms with Crippen LogP contribution in [0.1, 0.15) is 0 Å². The zero-order chi connectivity index (χ0) is 12.8. The van der Waals surface area contributed by atoms with Gasteiger partial charge in [0, 0.05) is 5.23 Å². The molecule has 0 aromatic heterocycles. The zero-order valence-electron chi connectivity index (χ0n) is 9.52. The highest BCUT2D eigenvalue weighted by atomic mass is 17.0. The quantitative estimate of drug-likeness (QED) is 0.839. The third-order valence-electron chi connectivity index (χ3n) is 2.04. The molecule has 0 saturated heterocycles. The molecule has 5 heteroatoms. The number of rotatable bonds is 4. The maximum Gasteiger partial charge on any atom is 0.386 e. The summed E-state index contributed by atoms with van der Waals surface area (Å²) in [5, 5.41) is 0.630. The van der Waals surface area contributed by atoms with Crippen molar-refractivity contribution in [3.05, 3.63) is 60.7 Å². The van der Waals surface area contributed by atoms with Gasteiger partial charge in [0.25, 0.3) is 0 Å². The number of para-hydroxylation sites is 2. The zero-order valence-corrected chi connectivity index (χ0v) is 9.52. The van der Waals surface area contributed by atoms with Gasteiger partial charge in [-0.15, -0.1) is 0 Å². The Balaban J connectivity index is 2.08. The van der Waals surface area contributed by atoms with Gasteiger partial charge in [-0.1, -0.05) is 36.4 Å². The topological polar surface area (TPSA) is 64.8 Å². The summed E-state index contributed by atoms with van der Waals surface area (Å²) in [6.45, 7) is 0. The molecule has 0 atom stereocenters. The van der Waals surface area contributed by atoms with Crippen LogP contribution in [0.15, 0.2) is 60.7 Å². The largest absolute Gasteiger partial charge is 0.386 e. The molecule has 0 spiro atoms. The van der Waals surface area contributed by atoms with Gasteiger partial charge in [-0.05, 0) is 24.3 Å². The SMILES string of the molecule is NC(=O)N(Oc1ccccc1)Oc1ccccc1. The summed E-state index contributed by atoms with van der Waals surface area (Å²) in [5.41, 5.74) is 5.17. The second-order valence-electron chi connectivity index (χ2n) is 3.40. The molecule has 2 rings (SSSR count). The van der Waals surface area contributed by atoms with Crippen molar-refractivity contribution in [1.82, 2.24) is 5.23 Å². The third kappa shape index (κ3) is 3.15. The van der Waals surface area contributed by atoms with Crippen LogP contribution in [-0.2, 0) is 0 Å². The van der Waals surface area contributed by atoms with Gasteiger partial charge in [-0.3, -0.25) is 0 Å². The summed E-state index contributed by atoms with van der Waals surface area (Å²) in [4.78, 5) is 21.6. The van der Waals surface area contributed by atoms with E-state index in [0.29, 0.717) is 16.7 Å². The van der Waals surface area contributed by atoms with E-state index in [4.69, 9.17) is 15.4 Å². The first kappa shape index (κ1) is 11.8. The smallest absolute Gasteiger partial charge is 0.346 e. The summed E-state index contributed by atoms with van der Waals surface area (Å²) in [6, 6.07) is 16.7. The van der Waals surface area contributed by atoms with Crippen LogP contribution < -0.4 is 15.4 Å². The van der Waals surface area contributed by atoms with Crippen molar-refractivity contribution in [2.45, 2.75) is 0 Å². The number of urea groups is 1. The van der Waals surface area contributed by atoms with Crippen LogP contribution in [0.3, 0.4) is 0 Å². The molecule has 0 unspecified atom stereocenters. The fourth-order valence-corrected chi connectivity index (χ4v) is 1.26. The van der Waals surface area contributed by atoms with Crippen molar-refractivity contribution in [3.63, 3.8) is 0 Å². The predicted octanol–water partition coefficient (Wildman–Crippen LogP) is 2.36. The number of hydrogen-bond acceptors (Lipinski definition) is 3. The first-order valence-electron chi connectivity index (χ1n) is 5.31. The van der Waals surface area contributed by atoms with Gasteiger partial charge >= 0.3 is 6.03 Å². The molecular formula is C13H12N2O3. The lowest BCUT2D eigenvalue weighted by Gasteiger charge is -2.19. The van der Waals surface area contributed by atoms with Crippen LogP contribution >= 0.6 is 0 Å². The minimum atomic E-state index is -0.845. The van der Waals surface area contributed by atoms with Crippen LogP contribution in [0, 0.1) is 0 Å². The second-order valence-corrected chi connectivity index (χ2v) is 3.40. The second kappa shape index (κ2) is 5.58. The number of nitrogens with two attached hydrogens (primary N) is 1. The van der Waals surface area contributed by atoms with E-state index in [9.17, 15) is 4.79 Å². The molecular weight excluding hydrogens is 232 g/mol. The standard InChI is InChI=1S/C13H12N2O3/c14-13(16)15(17-11-7-3-1-4-8-11)18-12-9-5-2-6-10-12/h1-10H,(H2,14,16). The van der Waals surface area contributed by atoms with Gasteiger partial charge in [0.05, 0.1) is 0 Å². The predicted molar refractivity (Wildman–Crippen MR) is 65.6 cm³/mol. The van der Waals surface area contributed by atoms with E-state index in [0.717, 1.165) is 0 Å². The number of carbonyl (C=O) groups is 1. The van der Waals surface area contributed by atoms with E-state index in [1.165, 1.54) is 0 Å². The first-order chi connectivity index (χ1) is 8.75. The number of nitrogens with zero attached hydrogens (tertiary/aromatic N) is 1. The number of hydrogen-bond donors (Lipinski definition) is 1. The minimum absolute atomic E-state index is 0.451. The summed E-state index contributed by atoms with van der Waals surface area (Å²) in [5.74, 6) is 0.902. The van der Waals surface area contributed by atoms with Crippen molar-refractivity contribution in [2.75, 3.05) is 0 Å². The Morgan fingerprint density at radius 2 is 1.22 bits per heavy atom. The van der Waals surface area contributed by atoms with Crippen molar-refractivity contribution >= 4 is 6.03 Å². The van der Waals surface area contributed by atoms with Crippen LogP contribution in [0.5, 0.6) is 11.5 Å². The molecule has 18 heavy (non-hydrogen) atoms. The minimum Gasteiger partial charge on any atom is -0.346 e. The van der Waals surface area contributed by atoms with Crippen LogP contribution in [-0.4, -0.2) is 11.3 Å². The number of carbonyl (C=O) groups excluding carboxylic acids is 1. The molecule has 0 aliphatic carbocycles. The highest BCUT2D eigenvalue weighted by Gasteiger charge is 2.14. The molecule has 92 valence electrons. The molecule has 2 N–H and O–H groups in total. The Hall–Kier alpha value is -2.69. The lowest BCUT2D eigenvalue weighted by Crippen LogP contribution is -2.41. The Morgan fingerprint density at radius 3 is 1.56 bits per heavy atom. The van der Waals surface area contributed by atoms with E-state index >= 15 is 0 Å². The van der Waals surface area contributed by atoms with E-state index in [2.05, 4.69) is 0 Å². The highest BCUT2D eigenvalue weighted by molar-refractivity contribution is 5.70. The Bertz CT molecular complexity index is 461. The molecule has 0 bridgehead atoms. The molecule has 5 nitrogen and oxygen atoms in total. The molecule has 0 aliphatic heterocycles. The maximum atomic E-state index is 11.2. The van der Waals surface area contributed by atoms with Crippen molar-refractivity contribution < 1.29 is 14.5 Å². The van der Waals surface area contributed by atoms with Crippen LogP contribution in [0.2, 0.25) is 0 Å². The molecule has 2 aromatic rings. The van der Waals surface area contributed by atoms with E-state index in [-0.39, 0.29) is 0 Å². The number of hydroxylamine groups is 2. The molecule has 0 aliphatic rings. The van der Waals surface area contributed by atoms with Gasteiger partial charge in [0.2, 0.25) is 0 Å². The Morgan fingerprint density at radius 1 is 0.833 bits per heavy atom. The fourth-order valence-electron chi connectivity index (χ4n) is 1.26. The van der Waals surface area contributed by atoms with Gasteiger partial charge in [0.1, 0.15) is 0 Å². The van der Waals surface area contributed by atoms with Crippen LogP contribution in [0.25, 0.3) is 0 Å². The van der Waals surface area contributed by atoms with Crippen molar-refractivity contribution in [3.8, 4) is 11.5 Å². The van der Waals surface area contributed by atoms with Gasteiger partial charge < -0.3 is 15.4 Å². The van der Waals surface area contributed by atoms with Gasteiger partial charge in [0.15, 0.2) is 11.5 Å². The van der Waals surface area contributed by atoms with E-state index < -0.39 is 6.03 Å². The summed E-state index contributed by atoms with van der Waals surface area (Å²) < 4.78 is 0. The van der Waals surface area contributed by atoms with Crippen molar-refractivity contribution in [1.29, 1.82) is 0 Å². The van der Waals surface area contributed by atoms with Gasteiger partial charge in [-0.25, -0.2) is 4.79 Å². The van der Waals surface area contributed by atoms with Gasteiger partial charge in [-0.2, -0.15) is 0 Å². The highest BCUT2D eigenvalue weighted by Crippen LogP contribution is 2.14. The molecule has 2 amide bonds. The number of primary amides is 1. The molecule has 2 aromatic carbocycles. The maximum absolute atomic E-state index is 11.2. The first-order valence-corrected chi connectivity index (χ1v) is 5.31. The number of benzene rings is 2. The average Bonchev–Trinajstić information content (AvgIpc) is 2.40. The lowest BCUT2D eigenvalue weighted by molar-refractivity contribution is -0.206. The molecule has 0 radical (unpaired) electrons. The van der Waals surface area contributed by atoms with E-state index in [1.54, 1.807) is 48.5 Å². The monoisotopic (exact) mass is 244 g/mol. The number of amides is 2. The third-order valence-corrected chi connectivity index (χ3v) is 2.04. The van der Waals surface area contributed by atoms with Crippen LogP contribution in [0.4, 0.5) is 4.79 Å². The lowest BCUT2D eigenvalue weighted by atomic mass is 10.3. The molecule has 0 saturated carbocycles. The Kier molecular flexibility index (Phi) is 3.66. The Labute approximate surface area is 104 Å². The molecule has 0 heterocycles. The summed E-state index contributed by atoms with van der Waals surface area (Å²) >= 11 is 0.